The van der Waals surface area contributed by atoms with Crippen molar-refractivity contribution < 1.29 is 22.3 Å². The summed E-state index contributed by atoms with van der Waals surface area (Å²) in [6.07, 6.45) is -4.66. The topological polar surface area (TPSA) is 87.0 Å². The number of anilines is 2. The zero-order valence-electron chi connectivity index (χ0n) is 14.0. The molecular weight excluding hydrogens is 364 g/mol. The largest absolute Gasteiger partial charge is 0.497 e. The van der Waals surface area contributed by atoms with E-state index in [2.05, 4.69) is 9.97 Å². The third kappa shape index (κ3) is 3.62. The molecule has 4 N–H and O–H groups in total. The van der Waals surface area contributed by atoms with Gasteiger partial charge in [-0.15, -0.1) is 0 Å². The highest BCUT2D eigenvalue weighted by Crippen LogP contribution is 2.37. The van der Waals surface area contributed by atoms with E-state index in [-0.39, 0.29) is 28.6 Å². The number of methoxy groups -OCH3 is 1. The molecule has 0 saturated carbocycles. The molecule has 0 atom stereocenters. The van der Waals surface area contributed by atoms with Gasteiger partial charge >= 0.3 is 6.18 Å². The normalized spacial score (nSPS) is 11.4. The Bertz CT molecular complexity index is 988. The predicted octanol–water partition coefficient (Wildman–Crippen LogP) is 4.14. The summed E-state index contributed by atoms with van der Waals surface area (Å²) in [5.74, 6) is -0.701. The fourth-order valence-corrected chi connectivity index (χ4v) is 2.54. The Morgan fingerprint density at radius 2 is 1.56 bits per heavy atom. The quantitative estimate of drug-likeness (QED) is 0.669. The van der Waals surface area contributed by atoms with Crippen LogP contribution in [0.15, 0.2) is 42.5 Å². The number of ether oxygens (including phenoxy) is 1. The Morgan fingerprint density at radius 1 is 0.926 bits per heavy atom. The minimum Gasteiger partial charge on any atom is -0.497 e. The fourth-order valence-electron chi connectivity index (χ4n) is 2.54. The highest BCUT2D eigenvalue weighted by atomic mass is 19.4. The summed E-state index contributed by atoms with van der Waals surface area (Å²) in [7, 11) is 1.51. The minimum atomic E-state index is -4.66. The van der Waals surface area contributed by atoms with Crippen LogP contribution in [0.4, 0.5) is 29.2 Å². The van der Waals surface area contributed by atoms with Crippen LogP contribution in [-0.4, -0.2) is 17.1 Å². The molecule has 0 spiro atoms. The van der Waals surface area contributed by atoms with E-state index in [1.165, 1.54) is 7.11 Å². The number of alkyl halides is 3. The van der Waals surface area contributed by atoms with Crippen molar-refractivity contribution in [3.63, 3.8) is 0 Å². The molecule has 3 aromatic rings. The molecule has 5 nitrogen and oxygen atoms in total. The number of aromatic nitrogens is 2. The molecule has 0 aliphatic rings. The number of nitrogens with zero attached hydrogens (tertiary/aromatic N) is 2. The minimum absolute atomic E-state index is 0.00646. The van der Waals surface area contributed by atoms with Crippen molar-refractivity contribution in [3.8, 4) is 28.3 Å². The van der Waals surface area contributed by atoms with E-state index < -0.39 is 17.6 Å². The van der Waals surface area contributed by atoms with Crippen LogP contribution < -0.4 is 16.2 Å². The first kappa shape index (κ1) is 18.4. The Balaban J connectivity index is 2.13. The second-order valence-corrected chi connectivity index (χ2v) is 5.61. The molecule has 0 unspecified atom stereocenters. The third-order valence-corrected chi connectivity index (χ3v) is 3.88. The van der Waals surface area contributed by atoms with Crippen LogP contribution in [0.1, 0.15) is 5.56 Å². The Morgan fingerprint density at radius 3 is 2.11 bits per heavy atom. The Hall–Kier alpha value is -3.36. The number of nitrogens with two attached hydrogens (primary N) is 2. The van der Waals surface area contributed by atoms with Crippen molar-refractivity contribution in [1.29, 1.82) is 0 Å². The van der Waals surface area contributed by atoms with Crippen molar-refractivity contribution in [2.75, 3.05) is 18.6 Å². The molecule has 0 radical (unpaired) electrons. The molecule has 0 aliphatic carbocycles. The maximum Gasteiger partial charge on any atom is 0.416 e. The monoisotopic (exact) mass is 378 g/mol. The van der Waals surface area contributed by atoms with Gasteiger partial charge in [0.2, 0.25) is 5.95 Å². The number of hydrogen-bond donors (Lipinski definition) is 2. The summed E-state index contributed by atoms with van der Waals surface area (Å²) in [6, 6.07) is 8.79. The summed E-state index contributed by atoms with van der Waals surface area (Å²) in [6.45, 7) is 0. The molecule has 0 aliphatic heterocycles. The maximum atomic E-state index is 14.3. The van der Waals surface area contributed by atoms with Crippen LogP contribution in [0.5, 0.6) is 5.75 Å². The number of rotatable bonds is 3. The van der Waals surface area contributed by atoms with E-state index >= 15 is 0 Å². The van der Waals surface area contributed by atoms with Gasteiger partial charge < -0.3 is 16.2 Å². The highest BCUT2D eigenvalue weighted by Gasteiger charge is 2.31. The zero-order valence-corrected chi connectivity index (χ0v) is 14.0. The lowest BCUT2D eigenvalue weighted by atomic mass is 10.0. The lowest BCUT2D eigenvalue weighted by Crippen LogP contribution is -2.08. The molecular formula is C18H14F4N4O. The van der Waals surface area contributed by atoms with E-state index in [0.717, 1.165) is 12.1 Å². The van der Waals surface area contributed by atoms with E-state index in [0.29, 0.717) is 17.4 Å². The smallest absolute Gasteiger partial charge is 0.416 e. The molecule has 140 valence electrons. The van der Waals surface area contributed by atoms with Gasteiger partial charge in [0.15, 0.2) is 0 Å². The molecule has 9 heteroatoms. The highest BCUT2D eigenvalue weighted by molar-refractivity contribution is 5.85. The SMILES string of the molecule is COc1ccc(-c2nc(N)nc(-c3ccc(C(F)(F)F)cc3F)c2N)cc1. The molecule has 0 fully saturated rings. The average Bonchev–Trinajstić information content (AvgIpc) is 2.63. The first-order valence-corrected chi connectivity index (χ1v) is 7.65. The third-order valence-electron chi connectivity index (χ3n) is 3.88. The molecule has 0 bridgehead atoms. The van der Waals surface area contributed by atoms with Gasteiger partial charge in [-0.2, -0.15) is 13.2 Å². The van der Waals surface area contributed by atoms with Crippen LogP contribution >= 0.6 is 0 Å². The van der Waals surface area contributed by atoms with E-state index in [1.54, 1.807) is 24.3 Å². The van der Waals surface area contributed by atoms with Gasteiger partial charge in [-0.25, -0.2) is 14.4 Å². The van der Waals surface area contributed by atoms with Crippen molar-refractivity contribution in [2.45, 2.75) is 6.18 Å². The first-order valence-electron chi connectivity index (χ1n) is 7.65. The van der Waals surface area contributed by atoms with Gasteiger partial charge in [0.25, 0.3) is 0 Å². The molecule has 0 saturated heterocycles. The van der Waals surface area contributed by atoms with Gasteiger partial charge in [0.1, 0.15) is 17.3 Å². The van der Waals surface area contributed by atoms with Gasteiger partial charge in [-0.1, -0.05) is 0 Å². The van der Waals surface area contributed by atoms with Crippen LogP contribution in [0.25, 0.3) is 22.5 Å². The lowest BCUT2D eigenvalue weighted by Gasteiger charge is -2.13. The Kier molecular flexibility index (Phi) is 4.61. The summed E-state index contributed by atoms with van der Waals surface area (Å²) in [5.41, 5.74) is 11.2. The van der Waals surface area contributed by atoms with Gasteiger partial charge in [-0.05, 0) is 42.5 Å². The van der Waals surface area contributed by atoms with Crippen LogP contribution in [0.2, 0.25) is 0 Å². The van der Waals surface area contributed by atoms with Crippen LogP contribution in [0.3, 0.4) is 0 Å². The molecule has 0 amide bonds. The predicted molar refractivity (Wildman–Crippen MR) is 93.2 cm³/mol. The summed E-state index contributed by atoms with van der Waals surface area (Å²) < 4.78 is 57.7. The summed E-state index contributed by atoms with van der Waals surface area (Å²) >= 11 is 0. The van der Waals surface area contributed by atoms with Crippen LogP contribution in [0, 0.1) is 5.82 Å². The first-order chi connectivity index (χ1) is 12.7. The zero-order chi connectivity index (χ0) is 19.8. The van der Waals surface area contributed by atoms with Gasteiger partial charge in [0, 0.05) is 11.1 Å². The van der Waals surface area contributed by atoms with Crippen molar-refractivity contribution in [3.05, 3.63) is 53.8 Å². The Labute approximate surface area is 151 Å². The second kappa shape index (κ2) is 6.75. The summed E-state index contributed by atoms with van der Waals surface area (Å²) in [4.78, 5) is 7.98. The molecule has 1 heterocycles. The van der Waals surface area contributed by atoms with Crippen molar-refractivity contribution >= 4 is 11.6 Å². The van der Waals surface area contributed by atoms with E-state index in [4.69, 9.17) is 16.2 Å². The van der Waals surface area contributed by atoms with Gasteiger partial charge in [0.05, 0.1) is 24.1 Å². The van der Waals surface area contributed by atoms with E-state index in [1.807, 2.05) is 0 Å². The second-order valence-electron chi connectivity index (χ2n) is 5.61. The maximum absolute atomic E-state index is 14.3. The van der Waals surface area contributed by atoms with Gasteiger partial charge in [-0.3, -0.25) is 0 Å². The van der Waals surface area contributed by atoms with Crippen molar-refractivity contribution in [1.82, 2.24) is 9.97 Å². The number of benzene rings is 2. The van der Waals surface area contributed by atoms with E-state index in [9.17, 15) is 17.6 Å². The standard InChI is InChI=1S/C18H14F4N4O/c1-27-11-5-2-9(3-6-11)15-14(23)16(26-17(24)25-15)12-7-4-10(8-13(12)19)18(20,21)22/h2-8H,23H2,1H3,(H2,24,25,26). The summed E-state index contributed by atoms with van der Waals surface area (Å²) in [5, 5.41) is 0. The number of hydrogen-bond acceptors (Lipinski definition) is 5. The van der Waals surface area contributed by atoms with Crippen molar-refractivity contribution in [2.24, 2.45) is 0 Å². The lowest BCUT2D eigenvalue weighted by molar-refractivity contribution is -0.137. The molecule has 27 heavy (non-hydrogen) atoms. The number of halogens is 4. The fraction of sp³-hybridized carbons (Fsp3) is 0.111. The molecule has 3 rings (SSSR count). The van der Waals surface area contributed by atoms with Crippen LogP contribution in [-0.2, 0) is 6.18 Å². The molecule has 1 aromatic heterocycles. The number of nitrogen functional groups attached to an aromatic ring is 2. The molecule has 2 aromatic carbocycles. The average molecular weight is 378 g/mol.